The van der Waals surface area contributed by atoms with Gasteiger partial charge in [-0.15, -0.1) is 0 Å². The van der Waals surface area contributed by atoms with E-state index in [2.05, 4.69) is 34.0 Å². The summed E-state index contributed by atoms with van der Waals surface area (Å²) in [5.41, 5.74) is 4.31. The monoisotopic (exact) mass is 491 g/mol. The fourth-order valence-corrected chi connectivity index (χ4v) is 3.54. The van der Waals surface area contributed by atoms with Gasteiger partial charge in [0.15, 0.2) is 0 Å². The Morgan fingerprint density at radius 1 is 0.853 bits per heavy atom. The molecule has 2 amide bonds. The minimum absolute atomic E-state index is 0.264. The van der Waals surface area contributed by atoms with E-state index in [1.54, 1.807) is 12.1 Å². The molecule has 0 heterocycles. The van der Waals surface area contributed by atoms with Gasteiger partial charge in [-0.1, -0.05) is 77.8 Å². The largest absolute Gasteiger partial charge is 0.489 e. The lowest BCUT2D eigenvalue weighted by atomic mass is 10.1. The second-order valence-electron chi connectivity index (χ2n) is 7.28. The van der Waals surface area contributed by atoms with E-state index in [0.717, 1.165) is 16.3 Å². The molecule has 0 saturated carbocycles. The molecule has 0 bridgehead atoms. The van der Waals surface area contributed by atoms with Crippen LogP contribution in [0.3, 0.4) is 0 Å². The molecule has 0 atom stereocenters. The summed E-state index contributed by atoms with van der Waals surface area (Å²) in [5.74, 6) is -1.16. The molecule has 0 radical (unpaired) electrons. The van der Waals surface area contributed by atoms with Crippen molar-refractivity contribution in [2.45, 2.75) is 6.61 Å². The fraction of sp³-hybridized carbons (Fsp3) is 0.0385. The molecule has 8 heteroatoms. The van der Waals surface area contributed by atoms with E-state index >= 15 is 0 Å². The summed E-state index contributed by atoms with van der Waals surface area (Å²) < 4.78 is 5.96. The van der Waals surface area contributed by atoms with Crippen LogP contribution >= 0.6 is 23.2 Å². The van der Waals surface area contributed by atoms with E-state index < -0.39 is 11.8 Å². The SMILES string of the molecule is O=C(N/N=C/c1cccc(OCc2cccc3ccccc23)c1)C(=O)Nc1ccc(Cl)c(Cl)c1. The number of hydrogen-bond acceptors (Lipinski definition) is 4. The van der Waals surface area contributed by atoms with E-state index in [4.69, 9.17) is 27.9 Å². The summed E-state index contributed by atoms with van der Waals surface area (Å²) in [6, 6.07) is 26.0. The highest BCUT2D eigenvalue weighted by molar-refractivity contribution is 6.43. The van der Waals surface area contributed by atoms with Crippen LogP contribution in [-0.4, -0.2) is 18.0 Å². The third-order valence-electron chi connectivity index (χ3n) is 4.90. The molecule has 34 heavy (non-hydrogen) atoms. The predicted molar refractivity (Wildman–Crippen MR) is 136 cm³/mol. The maximum atomic E-state index is 12.0. The topological polar surface area (TPSA) is 79.8 Å². The zero-order valence-corrected chi connectivity index (χ0v) is 19.3. The van der Waals surface area contributed by atoms with Crippen LogP contribution in [0, 0.1) is 0 Å². The summed E-state index contributed by atoms with van der Waals surface area (Å²) >= 11 is 11.7. The van der Waals surface area contributed by atoms with Gasteiger partial charge in [-0.2, -0.15) is 5.10 Å². The summed E-state index contributed by atoms with van der Waals surface area (Å²) in [6.07, 6.45) is 1.43. The molecule has 0 aliphatic carbocycles. The average molecular weight is 492 g/mol. The number of amides is 2. The zero-order chi connectivity index (χ0) is 23.9. The van der Waals surface area contributed by atoms with Gasteiger partial charge in [0, 0.05) is 5.69 Å². The number of halogens is 2. The molecule has 0 aliphatic rings. The maximum Gasteiger partial charge on any atom is 0.329 e. The van der Waals surface area contributed by atoms with Gasteiger partial charge in [0.05, 0.1) is 16.3 Å². The van der Waals surface area contributed by atoms with Crippen LogP contribution in [0.25, 0.3) is 10.8 Å². The minimum Gasteiger partial charge on any atom is -0.489 e. The molecule has 0 spiro atoms. The first-order valence-electron chi connectivity index (χ1n) is 10.3. The summed E-state index contributed by atoms with van der Waals surface area (Å²) in [5, 5.41) is 9.18. The summed E-state index contributed by atoms with van der Waals surface area (Å²) in [6.45, 7) is 0.410. The smallest absolute Gasteiger partial charge is 0.329 e. The van der Waals surface area contributed by atoms with Gasteiger partial charge >= 0.3 is 11.8 Å². The Morgan fingerprint density at radius 2 is 1.65 bits per heavy atom. The lowest BCUT2D eigenvalue weighted by Gasteiger charge is -2.09. The molecular weight excluding hydrogens is 473 g/mol. The van der Waals surface area contributed by atoms with Crippen LogP contribution < -0.4 is 15.5 Å². The Labute approximate surface area is 206 Å². The molecule has 4 aromatic carbocycles. The quantitative estimate of drug-likeness (QED) is 0.202. The number of carbonyl (C=O) groups excluding carboxylic acids is 2. The van der Waals surface area contributed by atoms with Gasteiger partial charge in [0.25, 0.3) is 0 Å². The number of anilines is 1. The lowest BCUT2D eigenvalue weighted by molar-refractivity contribution is -0.136. The van der Waals surface area contributed by atoms with Crippen molar-refractivity contribution in [1.82, 2.24) is 5.43 Å². The third-order valence-corrected chi connectivity index (χ3v) is 5.63. The molecule has 170 valence electrons. The maximum absolute atomic E-state index is 12.0. The minimum atomic E-state index is -0.925. The van der Waals surface area contributed by atoms with Gasteiger partial charge in [0.2, 0.25) is 0 Å². The van der Waals surface area contributed by atoms with E-state index in [0.29, 0.717) is 28.6 Å². The van der Waals surface area contributed by atoms with Crippen molar-refractivity contribution in [3.05, 3.63) is 106 Å². The number of ether oxygens (including phenoxy) is 1. The third kappa shape index (κ3) is 5.92. The predicted octanol–water partition coefficient (Wildman–Crippen LogP) is 5.81. The molecular formula is C26H19Cl2N3O3. The van der Waals surface area contributed by atoms with Crippen LogP contribution in [0.2, 0.25) is 10.0 Å². The molecule has 0 aliphatic heterocycles. The first kappa shape index (κ1) is 23.3. The molecule has 0 unspecified atom stereocenters. The average Bonchev–Trinajstić information content (AvgIpc) is 2.85. The van der Waals surface area contributed by atoms with Crippen LogP contribution in [0.15, 0.2) is 90.0 Å². The van der Waals surface area contributed by atoms with Crippen LogP contribution in [0.1, 0.15) is 11.1 Å². The molecule has 0 aromatic heterocycles. The molecule has 6 nitrogen and oxygen atoms in total. The molecule has 4 rings (SSSR count). The highest BCUT2D eigenvalue weighted by Crippen LogP contribution is 2.25. The lowest BCUT2D eigenvalue weighted by Crippen LogP contribution is -2.32. The highest BCUT2D eigenvalue weighted by atomic mass is 35.5. The van der Waals surface area contributed by atoms with E-state index in [1.807, 2.05) is 36.4 Å². The van der Waals surface area contributed by atoms with Gasteiger partial charge in [-0.25, -0.2) is 5.43 Å². The van der Waals surface area contributed by atoms with E-state index in [1.165, 1.54) is 24.4 Å². The van der Waals surface area contributed by atoms with Gasteiger partial charge < -0.3 is 10.1 Å². The Balaban J connectivity index is 1.33. The number of nitrogens with one attached hydrogen (secondary N) is 2. The van der Waals surface area contributed by atoms with Crippen molar-refractivity contribution < 1.29 is 14.3 Å². The van der Waals surface area contributed by atoms with Gasteiger partial charge in [0.1, 0.15) is 12.4 Å². The van der Waals surface area contributed by atoms with Crippen molar-refractivity contribution in [2.24, 2.45) is 5.10 Å². The van der Waals surface area contributed by atoms with Crippen LogP contribution in [-0.2, 0) is 16.2 Å². The Kier molecular flexibility index (Phi) is 7.42. The molecule has 0 saturated heterocycles. The molecule has 4 aromatic rings. The number of benzene rings is 4. The number of carbonyl (C=O) groups is 2. The Morgan fingerprint density at radius 3 is 2.50 bits per heavy atom. The molecule has 0 fully saturated rings. The Hall–Kier alpha value is -3.87. The second kappa shape index (κ2) is 10.8. The first-order chi connectivity index (χ1) is 16.5. The van der Waals surface area contributed by atoms with Crippen LogP contribution in [0.5, 0.6) is 5.75 Å². The van der Waals surface area contributed by atoms with Gasteiger partial charge in [-0.05, 0) is 52.2 Å². The number of rotatable bonds is 6. The van der Waals surface area contributed by atoms with E-state index in [9.17, 15) is 9.59 Å². The fourth-order valence-electron chi connectivity index (χ4n) is 3.24. The normalized spacial score (nSPS) is 10.9. The first-order valence-corrected chi connectivity index (χ1v) is 11.0. The van der Waals surface area contributed by atoms with Crippen molar-refractivity contribution in [3.63, 3.8) is 0 Å². The van der Waals surface area contributed by atoms with Crippen molar-refractivity contribution in [1.29, 1.82) is 0 Å². The van der Waals surface area contributed by atoms with E-state index in [-0.39, 0.29) is 5.02 Å². The summed E-state index contributed by atoms with van der Waals surface area (Å²) in [7, 11) is 0. The van der Waals surface area contributed by atoms with Crippen molar-refractivity contribution >= 4 is 57.7 Å². The summed E-state index contributed by atoms with van der Waals surface area (Å²) in [4.78, 5) is 24.0. The number of hydrogen-bond donors (Lipinski definition) is 2. The number of nitrogens with zero attached hydrogens (tertiary/aromatic N) is 1. The molecule has 2 N–H and O–H groups in total. The van der Waals surface area contributed by atoms with Crippen molar-refractivity contribution in [2.75, 3.05) is 5.32 Å². The number of fused-ring (bicyclic) bond motifs is 1. The van der Waals surface area contributed by atoms with Crippen molar-refractivity contribution in [3.8, 4) is 5.75 Å². The zero-order valence-electron chi connectivity index (χ0n) is 17.8. The highest BCUT2D eigenvalue weighted by Gasteiger charge is 2.13. The van der Waals surface area contributed by atoms with Crippen LogP contribution in [0.4, 0.5) is 5.69 Å². The number of hydrazone groups is 1. The second-order valence-corrected chi connectivity index (χ2v) is 8.10. The van der Waals surface area contributed by atoms with Gasteiger partial charge in [-0.3, -0.25) is 9.59 Å². The Bertz CT molecular complexity index is 1380. The standard InChI is InChI=1S/C26H19Cl2N3O3/c27-23-12-11-20(14-24(23)28)30-25(32)26(33)31-29-15-17-5-3-9-21(13-17)34-16-19-8-4-7-18-6-1-2-10-22(18)19/h1-15H,16H2,(H,30,32)(H,31,33)/b29-15+.